The molecular formula is C21H18Br2ClIN2O. The van der Waals surface area contributed by atoms with Gasteiger partial charge in [0.05, 0.1) is 12.6 Å². The summed E-state index contributed by atoms with van der Waals surface area (Å²) in [5.41, 5.74) is 3.27. The predicted octanol–water partition coefficient (Wildman–Crippen LogP) is 6.82. The van der Waals surface area contributed by atoms with Crippen molar-refractivity contribution in [2.45, 2.75) is 12.6 Å². The van der Waals surface area contributed by atoms with Crippen molar-refractivity contribution in [2.75, 3.05) is 11.9 Å². The molecular weight excluding hydrogens is 618 g/mol. The smallest absolute Gasteiger partial charge is 0.0891 e. The van der Waals surface area contributed by atoms with Crippen LogP contribution in [0.3, 0.4) is 0 Å². The highest BCUT2D eigenvalue weighted by atomic mass is 127. The standard InChI is InChI=1S/C21H17Br2IN2O.ClH/c22-13-1-7-20-18(9-13)19-10-14(23)2-8-21(19)26(20)12-17(27)11-25-16-5-3-15(24)4-6-16;/h1-10,17,25,27H,11-12H2;1H. The van der Waals surface area contributed by atoms with Crippen LogP contribution in [0.2, 0.25) is 0 Å². The van der Waals surface area contributed by atoms with E-state index >= 15 is 0 Å². The first-order chi connectivity index (χ1) is 13.0. The second-order valence-electron chi connectivity index (χ2n) is 6.48. The third-order valence-corrected chi connectivity index (χ3v) is 6.27. The van der Waals surface area contributed by atoms with Crippen LogP contribution in [0.15, 0.2) is 69.6 Å². The largest absolute Gasteiger partial charge is 0.389 e. The van der Waals surface area contributed by atoms with Gasteiger partial charge >= 0.3 is 0 Å². The molecule has 0 saturated carbocycles. The molecule has 1 unspecified atom stereocenters. The Balaban J connectivity index is 0.00000225. The number of hydrogen-bond donors (Lipinski definition) is 2. The minimum Gasteiger partial charge on any atom is -0.389 e. The van der Waals surface area contributed by atoms with Gasteiger partial charge in [-0.1, -0.05) is 31.9 Å². The normalized spacial score (nSPS) is 12.1. The Morgan fingerprint density at radius 2 is 1.43 bits per heavy atom. The maximum Gasteiger partial charge on any atom is 0.0891 e. The number of hydrogen-bond acceptors (Lipinski definition) is 2. The highest BCUT2D eigenvalue weighted by Crippen LogP contribution is 2.33. The number of benzene rings is 3. The molecule has 0 radical (unpaired) electrons. The second kappa shape index (κ2) is 9.34. The first-order valence-corrected chi connectivity index (χ1v) is 11.2. The lowest BCUT2D eigenvalue weighted by Gasteiger charge is -2.15. The summed E-state index contributed by atoms with van der Waals surface area (Å²) < 4.78 is 5.50. The monoisotopic (exact) mass is 634 g/mol. The summed E-state index contributed by atoms with van der Waals surface area (Å²) in [6.45, 7) is 1.02. The molecule has 1 heterocycles. The van der Waals surface area contributed by atoms with Crippen LogP contribution in [0.5, 0.6) is 0 Å². The second-order valence-corrected chi connectivity index (χ2v) is 9.55. The van der Waals surface area contributed by atoms with Crippen LogP contribution in [-0.2, 0) is 6.54 Å². The fourth-order valence-electron chi connectivity index (χ4n) is 3.32. The molecule has 4 rings (SSSR count). The Morgan fingerprint density at radius 1 is 0.893 bits per heavy atom. The molecule has 146 valence electrons. The maximum absolute atomic E-state index is 10.7. The minimum atomic E-state index is -0.504. The topological polar surface area (TPSA) is 37.2 Å². The molecule has 1 aromatic heterocycles. The van der Waals surface area contributed by atoms with Crippen LogP contribution in [0.25, 0.3) is 21.8 Å². The molecule has 0 bridgehead atoms. The molecule has 0 aliphatic rings. The van der Waals surface area contributed by atoms with Crippen LogP contribution >= 0.6 is 66.9 Å². The van der Waals surface area contributed by atoms with Gasteiger partial charge in [0, 0.05) is 46.6 Å². The Kier molecular flexibility index (Phi) is 7.31. The van der Waals surface area contributed by atoms with Gasteiger partial charge in [-0.25, -0.2) is 0 Å². The predicted molar refractivity (Wildman–Crippen MR) is 136 cm³/mol. The van der Waals surface area contributed by atoms with Crippen molar-refractivity contribution in [3.8, 4) is 0 Å². The molecule has 0 spiro atoms. The third kappa shape index (κ3) is 4.67. The number of fused-ring (bicyclic) bond motifs is 3. The van der Waals surface area contributed by atoms with Crippen molar-refractivity contribution in [1.82, 2.24) is 4.57 Å². The van der Waals surface area contributed by atoms with E-state index in [-0.39, 0.29) is 12.4 Å². The summed E-state index contributed by atoms with van der Waals surface area (Å²) in [6, 6.07) is 20.7. The van der Waals surface area contributed by atoms with Gasteiger partial charge in [0.25, 0.3) is 0 Å². The van der Waals surface area contributed by atoms with Gasteiger partial charge in [-0.15, -0.1) is 12.4 Å². The first kappa shape index (κ1) is 21.9. The quantitative estimate of drug-likeness (QED) is 0.236. The SMILES string of the molecule is Cl.OC(CNc1ccc(I)cc1)Cn1c2ccc(Br)cc2c2cc(Br)ccc21. The number of aliphatic hydroxyl groups is 1. The number of halogens is 4. The van der Waals surface area contributed by atoms with Crippen molar-refractivity contribution in [2.24, 2.45) is 0 Å². The number of rotatable bonds is 5. The van der Waals surface area contributed by atoms with Gasteiger partial charge in [0.15, 0.2) is 0 Å². The van der Waals surface area contributed by atoms with Crippen LogP contribution in [-0.4, -0.2) is 22.3 Å². The molecule has 0 fully saturated rings. The maximum atomic E-state index is 10.7. The van der Waals surface area contributed by atoms with Gasteiger partial charge in [0.2, 0.25) is 0 Å². The average Bonchev–Trinajstić information content (AvgIpc) is 2.94. The van der Waals surface area contributed by atoms with Gasteiger partial charge in [-0.3, -0.25) is 0 Å². The van der Waals surface area contributed by atoms with Crippen LogP contribution in [0, 0.1) is 3.57 Å². The zero-order chi connectivity index (χ0) is 19.0. The lowest BCUT2D eigenvalue weighted by Crippen LogP contribution is -2.24. The number of nitrogens with one attached hydrogen (secondary N) is 1. The van der Waals surface area contributed by atoms with E-state index in [4.69, 9.17) is 0 Å². The van der Waals surface area contributed by atoms with Crippen LogP contribution in [0.1, 0.15) is 0 Å². The summed E-state index contributed by atoms with van der Waals surface area (Å²) in [4.78, 5) is 0. The molecule has 2 N–H and O–H groups in total. The minimum absolute atomic E-state index is 0. The van der Waals surface area contributed by atoms with E-state index in [2.05, 4.69) is 101 Å². The van der Waals surface area contributed by atoms with E-state index in [0.717, 1.165) is 25.7 Å². The van der Waals surface area contributed by atoms with Crippen molar-refractivity contribution in [3.05, 3.63) is 73.2 Å². The van der Waals surface area contributed by atoms with E-state index in [0.29, 0.717) is 13.1 Å². The Hall–Kier alpha value is -0.800. The molecule has 3 aromatic carbocycles. The fourth-order valence-corrected chi connectivity index (χ4v) is 4.41. The third-order valence-electron chi connectivity index (χ3n) is 4.57. The first-order valence-electron chi connectivity index (χ1n) is 8.56. The molecule has 7 heteroatoms. The van der Waals surface area contributed by atoms with Crippen molar-refractivity contribution in [1.29, 1.82) is 0 Å². The Bertz CT molecular complexity index is 1060. The van der Waals surface area contributed by atoms with Gasteiger partial charge in [-0.2, -0.15) is 0 Å². The number of aromatic nitrogens is 1. The molecule has 0 aliphatic carbocycles. The molecule has 3 nitrogen and oxygen atoms in total. The highest BCUT2D eigenvalue weighted by Gasteiger charge is 2.14. The molecule has 4 aromatic rings. The van der Waals surface area contributed by atoms with Gasteiger partial charge in [0.1, 0.15) is 0 Å². The molecule has 0 aliphatic heterocycles. The number of nitrogens with zero attached hydrogens (tertiary/aromatic N) is 1. The molecule has 0 saturated heterocycles. The number of anilines is 1. The lowest BCUT2D eigenvalue weighted by molar-refractivity contribution is 0.169. The summed E-state index contributed by atoms with van der Waals surface area (Å²) in [5, 5.41) is 16.3. The number of aliphatic hydroxyl groups excluding tert-OH is 1. The van der Waals surface area contributed by atoms with Crippen LogP contribution in [0.4, 0.5) is 5.69 Å². The summed E-state index contributed by atoms with van der Waals surface area (Å²) in [5.74, 6) is 0. The Morgan fingerprint density at radius 3 is 1.96 bits per heavy atom. The fraction of sp³-hybridized carbons (Fsp3) is 0.143. The van der Waals surface area contributed by atoms with Crippen molar-refractivity contribution >= 4 is 94.4 Å². The summed E-state index contributed by atoms with van der Waals surface area (Å²) >= 11 is 9.43. The van der Waals surface area contributed by atoms with E-state index < -0.39 is 6.10 Å². The van der Waals surface area contributed by atoms with Gasteiger partial charge in [-0.05, 0) is 83.3 Å². The highest BCUT2D eigenvalue weighted by molar-refractivity contribution is 14.1. The zero-order valence-corrected chi connectivity index (χ0v) is 20.8. The average molecular weight is 637 g/mol. The summed E-state index contributed by atoms with van der Waals surface area (Å²) in [7, 11) is 0. The van der Waals surface area contributed by atoms with Crippen molar-refractivity contribution in [3.63, 3.8) is 0 Å². The Labute approximate surface area is 200 Å². The van der Waals surface area contributed by atoms with E-state index in [9.17, 15) is 5.11 Å². The molecule has 0 amide bonds. The molecule has 1 atom stereocenters. The summed E-state index contributed by atoms with van der Waals surface area (Å²) in [6.07, 6.45) is -0.504. The lowest BCUT2D eigenvalue weighted by atomic mass is 10.2. The van der Waals surface area contributed by atoms with E-state index in [1.807, 2.05) is 24.3 Å². The van der Waals surface area contributed by atoms with Gasteiger partial charge < -0.3 is 15.0 Å². The molecule has 28 heavy (non-hydrogen) atoms. The van der Waals surface area contributed by atoms with E-state index in [1.54, 1.807) is 0 Å². The van der Waals surface area contributed by atoms with Crippen LogP contribution < -0.4 is 5.32 Å². The zero-order valence-electron chi connectivity index (χ0n) is 14.7. The van der Waals surface area contributed by atoms with E-state index in [1.165, 1.54) is 14.3 Å². The van der Waals surface area contributed by atoms with Crippen molar-refractivity contribution < 1.29 is 5.11 Å².